The van der Waals surface area contributed by atoms with Crippen LogP contribution in [0.3, 0.4) is 0 Å². The van der Waals surface area contributed by atoms with E-state index in [0.29, 0.717) is 16.9 Å². The molecule has 162 valence electrons. The maximum atomic E-state index is 13.2. The molecule has 5 nitrogen and oxygen atoms in total. The molecule has 0 bridgehead atoms. The maximum Gasteiger partial charge on any atom is 0.249 e. The Bertz CT molecular complexity index is 1290. The first-order valence-corrected chi connectivity index (χ1v) is 10.1. The van der Waals surface area contributed by atoms with Crippen molar-refractivity contribution < 1.29 is 19.0 Å². The third kappa shape index (κ3) is 4.21. The third-order valence-electron chi connectivity index (χ3n) is 5.37. The lowest BCUT2D eigenvalue weighted by Crippen LogP contribution is -2.13. The SMILES string of the molecule is Cc1ccc(-n2c(C)ccc2-c2cc(O)ccc2OCc2ccc(F)cc2)cc1C(N)=O. The summed E-state index contributed by atoms with van der Waals surface area (Å²) in [6, 6.07) is 20.4. The Morgan fingerprint density at radius 3 is 2.47 bits per heavy atom. The Hall–Kier alpha value is -4.06. The van der Waals surface area contributed by atoms with Crippen molar-refractivity contribution in [1.82, 2.24) is 4.57 Å². The number of phenolic OH excluding ortho intramolecular Hbond substituents is 1. The fraction of sp³-hybridized carbons (Fsp3) is 0.115. The summed E-state index contributed by atoms with van der Waals surface area (Å²) in [7, 11) is 0. The number of primary amides is 1. The lowest BCUT2D eigenvalue weighted by Gasteiger charge is -2.17. The molecule has 6 heteroatoms. The van der Waals surface area contributed by atoms with Crippen LogP contribution in [0.15, 0.2) is 72.8 Å². The number of hydrogen-bond acceptors (Lipinski definition) is 3. The first kappa shape index (κ1) is 21.2. The predicted molar refractivity (Wildman–Crippen MR) is 122 cm³/mol. The van der Waals surface area contributed by atoms with Gasteiger partial charge in [-0.3, -0.25) is 4.79 Å². The van der Waals surface area contributed by atoms with Crippen molar-refractivity contribution in [2.24, 2.45) is 5.73 Å². The number of rotatable bonds is 6. The second-order valence-corrected chi connectivity index (χ2v) is 7.65. The fourth-order valence-corrected chi connectivity index (χ4v) is 3.69. The van der Waals surface area contributed by atoms with E-state index in [1.807, 2.05) is 42.7 Å². The molecule has 0 fully saturated rings. The number of halogens is 1. The number of carbonyl (C=O) groups is 1. The highest BCUT2D eigenvalue weighted by Gasteiger charge is 2.17. The van der Waals surface area contributed by atoms with Crippen molar-refractivity contribution in [2.45, 2.75) is 20.5 Å². The van der Waals surface area contributed by atoms with Crippen molar-refractivity contribution in [1.29, 1.82) is 0 Å². The number of aromatic hydroxyl groups is 1. The number of nitrogens with two attached hydrogens (primary N) is 1. The number of nitrogens with zero attached hydrogens (tertiary/aromatic N) is 1. The summed E-state index contributed by atoms with van der Waals surface area (Å²) >= 11 is 0. The Morgan fingerprint density at radius 2 is 1.75 bits per heavy atom. The van der Waals surface area contributed by atoms with Gasteiger partial charge < -0.3 is 20.1 Å². The van der Waals surface area contributed by atoms with E-state index in [1.165, 1.54) is 12.1 Å². The number of ether oxygens (including phenoxy) is 1. The van der Waals surface area contributed by atoms with Gasteiger partial charge in [-0.15, -0.1) is 0 Å². The molecule has 0 radical (unpaired) electrons. The summed E-state index contributed by atoms with van der Waals surface area (Å²) in [4.78, 5) is 11.9. The van der Waals surface area contributed by atoms with Gasteiger partial charge in [0, 0.05) is 22.5 Å². The zero-order chi connectivity index (χ0) is 22.8. The van der Waals surface area contributed by atoms with Crippen molar-refractivity contribution >= 4 is 5.91 Å². The molecule has 1 heterocycles. The van der Waals surface area contributed by atoms with E-state index in [4.69, 9.17) is 10.5 Å². The Labute approximate surface area is 185 Å². The van der Waals surface area contributed by atoms with Gasteiger partial charge in [0.15, 0.2) is 0 Å². The molecule has 0 spiro atoms. The number of aromatic nitrogens is 1. The Kier molecular flexibility index (Phi) is 5.69. The minimum absolute atomic E-state index is 0.0984. The number of amides is 1. The van der Waals surface area contributed by atoms with Crippen molar-refractivity contribution in [3.05, 3.63) is 101 Å². The monoisotopic (exact) mass is 430 g/mol. The van der Waals surface area contributed by atoms with Gasteiger partial charge in [0.05, 0.1) is 5.69 Å². The third-order valence-corrected chi connectivity index (χ3v) is 5.37. The van der Waals surface area contributed by atoms with Crippen LogP contribution in [-0.2, 0) is 6.61 Å². The highest BCUT2D eigenvalue weighted by Crippen LogP contribution is 2.36. The number of phenols is 1. The quantitative estimate of drug-likeness (QED) is 0.437. The molecule has 0 saturated heterocycles. The van der Waals surface area contributed by atoms with Gasteiger partial charge >= 0.3 is 0 Å². The largest absolute Gasteiger partial charge is 0.508 e. The molecule has 0 saturated carbocycles. The second kappa shape index (κ2) is 8.59. The van der Waals surface area contributed by atoms with Gasteiger partial charge in [0.2, 0.25) is 5.91 Å². The Balaban J connectivity index is 1.77. The van der Waals surface area contributed by atoms with Gasteiger partial charge in [-0.25, -0.2) is 4.39 Å². The minimum Gasteiger partial charge on any atom is -0.508 e. The zero-order valence-corrected chi connectivity index (χ0v) is 17.8. The highest BCUT2D eigenvalue weighted by molar-refractivity contribution is 5.95. The molecule has 0 aliphatic carbocycles. The summed E-state index contributed by atoms with van der Waals surface area (Å²) in [5.41, 5.74) is 10.8. The highest BCUT2D eigenvalue weighted by atomic mass is 19.1. The molecule has 4 aromatic rings. The van der Waals surface area contributed by atoms with Crippen LogP contribution in [-0.4, -0.2) is 15.6 Å². The summed E-state index contributed by atoms with van der Waals surface area (Å²) in [5, 5.41) is 10.2. The second-order valence-electron chi connectivity index (χ2n) is 7.65. The smallest absolute Gasteiger partial charge is 0.249 e. The molecule has 0 unspecified atom stereocenters. The van der Waals surface area contributed by atoms with Gasteiger partial charge in [-0.1, -0.05) is 18.2 Å². The van der Waals surface area contributed by atoms with Crippen LogP contribution in [0, 0.1) is 19.7 Å². The molecule has 32 heavy (non-hydrogen) atoms. The molecule has 0 aliphatic heterocycles. The molecule has 3 N–H and O–H groups in total. The summed E-state index contributed by atoms with van der Waals surface area (Å²) < 4.78 is 21.2. The molecule has 3 aromatic carbocycles. The van der Waals surface area contributed by atoms with Crippen LogP contribution in [0.2, 0.25) is 0 Å². The van der Waals surface area contributed by atoms with E-state index in [0.717, 1.165) is 28.2 Å². The van der Waals surface area contributed by atoms with Crippen LogP contribution >= 0.6 is 0 Å². The van der Waals surface area contributed by atoms with Crippen LogP contribution in [0.25, 0.3) is 16.9 Å². The van der Waals surface area contributed by atoms with Gasteiger partial charge in [-0.05, 0) is 79.6 Å². The lowest BCUT2D eigenvalue weighted by molar-refractivity contribution is 0.0999. The van der Waals surface area contributed by atoms with Gasteiger partial charge in [0.1, 0.15) is 23.9 Å². The first-order chi connectivity index (χ1) is 15.3. The van der Waals surface area contributed by atoms with Crippen LogP contribution in [0.1, 0.15) is 27.2 Å². The Morgan fingerprint density at radius 1 is 1.00 bits per heavy atom. The van der Waals surface area contributed by atoms with E-state index >= 15 is 0 Å². The standard InChI is InChI=1S/C26H23FN2O3/c1-16-3-9-20(13-22(16)26(28)31)29-17(2)4-11-24(29)23-14-21(30)10-12-25(23)32-15-18-5-7-19(27)8-6-18/h3-14,30H,15H2,1-2H3,(H2,28,31). The first-order valence-electron chi connectivity index (χ1n) is 10.1. The van der Waals surface area contributed by atoms with E-state index in [9.17, 15) is 14.3 Å². The summed E-state index contributed by atoms with van der Waals surface area (Å²) in [6.45, 7) is 4.03. The molecule has 0 aliphatic rings. The van der Waals surface area contributed by atoms with Crippen molar-refractivity contribution in [3.8, 4) is 28.4 Å². The molecule has 0 atom stereocenters. The predicted octanol–water partition coefficient (Wildman–Crippen LogP) is 5.28. The van der Waals surface area contributed by atoms with Crippen molar-refractivity contribution in [3.63, 3.8) is 0 Å². The summed E-state index contributed by atoms with van der Waals surface area (Å²) in [5.74, 6) is -0.132. The van der Waals surface area contributed by atoms with E-state index in [2.05, 4.69) is 0 Å². The molecule has 1 amide bonds. The number of benzene rings is 3. The number of hydrogen-bond donors (Lipinski definition) is 2. The van der Waals surface area contributed by atoms with E-state index in [1.54, 1.807) is 36.4 Å². The van der Waals surface area contributed by atoms with Gasteiger partial charge in [0.25, 0.3) is 0 Å². The summed E-state index contributed by atoms with van der Waals surface area (Å²) in [6.07, 6.45) is 0. The van der Waals surface area contributed by atoms with Crippen LogP contribution < -0.4 is 10.5 Å². The average molecular weight is 430 g/mol. The fourth-order valence-electron chi connectivity index (χ4n) is 3.69. The lowest BCUT2D eigenvalue weighted by atomic mass is 10.1. The topological polar surface area (TPSA) is 77.5 Å². The minimum atomic E-state index is -0.489. The molecular weight excluding hydrogens is 407 g/mol. The van der Waals surface area contributed by atoms with Crippen LogP contribution in [0.5, 0.6) is 11.5 Å². The normalized spacial score (nSPS) is 10.8. The van der Waals surface area contributed by atoms with E-state index < -0.39 is 5.91 Å². The number of carbonyl (C=O) groups excluding carboxylic acids is 1. The van der Waals surface area contributed by atoms with Crippen molar-refractivity contribution in [2.75, 3.05) is 0 Å². The number of aryl methyl sites for hydroxylation is 2. The zero-order valence-electron chi connectivity index (χ0n) is 17.8. The van der Waals surface area contributed by atoms with Crippen LogP contribution in [0.4, 0.5) is 4.39 Å². The maximum absolute atomic E-state index is 13.2. The molecule has 4 rings (SSSR count). The molecular formula is C26H23FN2O3. The molecule has 1 aromatic heterocycles. The van der Waals surface area contributed by atoms with E-state index in [-0.39, 0.29) is 18.2 Å². The average Bonchev–Trinajstić information content (AvgIpc) is 3.15. The van der Waals surface area contributed by atoms with Gasteiger partial charge in [-0.2, -0.15) is 0 Å².